The van der Waals surface area contributed by atoms with Gasteiger partial charge in [-0.3, -0.25) is 4.90 Å². The SMILES string of the molecule is CC(C)CN1C(=O)N(c2cccc(Cl)c2)C(C)(O)CC1(C)C. The fourth-order valence-corrected chi connectivity index (χ4v) is 3.46. The smallest absolute Gasteiger partial charge is 0.327 e. The molecule has 4 nitrogen and oxygen atoms in total. The molecule has 1 aromatic rings. The number of rotatable bonds is 3. The number of hydrogen-bond donors (Lipinski definition) is 1. The Morgan fingerprint density at radius 1 is 1.32 bits per heavy atom. The Labute approximate surface area is 137 Å². The zero-order valence-corrected chi connectivity index (χ0v) is 14.7. The maximum Gasteiger partial charge on any atom is 0.327 e. The monoisotopic (exact) mass is 324 g/mol. The maximum atomic E-state index is 13.1. The lowest BCUT2D eigenvalue weighted by atomic mass is 9.87. The maximum absolute atomic E-state index is 13.1. The van der Waals surface area contributed by atoms with E-state index in [0.717, 1.165) is 0 Å². The zero-order chi connectivity index (χ0) is 16.7. The Kier molecular flexibility index (Phi) is 4.46. The number of benzene rings is 1. The molecule has 0 saturated carbocycles. The molecule has 0 radical (unpaired) electrons. The summed E-state index contributed by atoms with van der Waals surface area (Å²) in [7, 11) is 0. The van der Waals surface area contributed by atoms with Gasteiger partial charge in [-0.25, -0.2) is 4.79 Å². The number of hydrogen-bond acceptors (Lipinski definition) is 2. The minimum absolute atomic E-state index is 0.183. The van der Waals surface area contributed by atoms with Crippen molar-refractivity contribution in [2.75, 3.05) is 11.4 Å². The Hall–Kier alpha value is -1.26. The molecular formula is C17H25ClN2O2. The van der Waals surface area contributed by atoms with Gasteiger partial charge in [-0.15, -0.1) is 0 Å². The predicted molar refractivity (Wildman–Crippen MR) is 90.2 cm³/mol. The summed E-state index contributed by atoms with van der Waals surface area (Å²) in [6, 6.07) is 6.86. The fourth-order valence-electron chi connectivity index (χ4n) is 3.27. The first-order valence-electron chi connectivity index (χ1n) is 7.64. The second kappa shape index (κ2) is 5.74. The van der Waals surface area contributed by atoms with Gasteiger partial charge in [0.25, 0.3) is 0 Å². The molecule has 2 amide bonds. The summed E-state index contributed by atoms with van der Waals surface area (Å²) in [4.78, 5) is 16.3. The van der Waals surface area contributed by atoms with Gasteiger partial charge in [0.15, 0.2) is 0 Å². The van der Waals surface area contributed by atoms with E-state index in [1.54, 1.807) is 31.2 Å². The lowest BCUT2D eigenvalue weighted by Crippen LogP contribution is -2.68. The van der Waals surface area contributed by atoms with E-state index in [2.05, 4.69) is 13.8 Å². The summed E-state index contributed by atoms with van der Waals surface area (Å²) >= 11 is 6.05. The summed E-state index contributed by atoms with van der Waals surface area (Å²) in [5, 5.41) is 11.4. The standard InChI is InChI=1S/C17H25ClN2O2/c1-12(2)10-19-15(21)20(14-8-6-7-13(18)9-14)17(5,22)11-16(19,3)4/h6-9,12,22H,10-11H2,1-5H3. The topological polar surface area (TPSA) is 43.8 Å². The number of nitrogens with zero attached hydrogens (tertiary/aromatic N) is 2. The third-order valence-corrected chi connectivity index (χ3v) is 4.25. The molecule has 122 valence electrons. The summed E-state index contributed by atoms with van der Waals surface area (Å²) in [6.45, 7) is 10.5. The van der Waals surface area contributed by atoms with Gasteiger partial charge in [0.05, 0.1) is 0 Å². The Morgan fingerprint density at radius 3 is 2.50 bits per heavy atom. The van der Waals surface area contributed by atoms with Crippen LogP contribution in [0.25, 0.3) is 0 Å². The first-order valence-corrected chi connectivity index (χ1v) is 8.02. The lowest BCUT2D eigenvalue weighted by Gasteiger charge is -2.54. The van der Waals surface area contributed by atoms with Crippen LogP contribution in [0.3, 0.4) is 0 Å². The van der Waals surface area contributed by atoms with E-state index >= 15 is 0 Å². The van der Waals surface area contributed by atoms with Crippen LogP contribution in [0.2, 0.25) is 5.02 Å². The molecule has 5 heteroatoms. The van der Waals surface area contributed by atoms with Crippen LogP contribution in [0.1, 0.15) is 41.0 Å². The highest BCUT2D eigenvalue weighted by Gasteiger charge is 2.50. The molecule has 1 atom stereocenters. The molecule has 1 saturated heterocycles. The molecule has 0 aromatic heterocycles. The molecule has 0 bridgehead atoms. The average molecular weight is 325 g/mol. The Balaban J connectivity index is 2.46. The second-order valence-corrected chi connectivity index (χ2v) is 7.74. The van der Waals surface area contributed by atoms with Crippen molar-refractivity contribution in [3.05, 3.63) is 29.3 Å². The zero-order valence-electron chi connectivity index (χ0n) is 13.9. The number of halogens is 1. The quantitative estimate of drug-likeness (QED) is 0.909. The van der Waals surface area contributed by atoms with Gasteiger partial charge in [0, 0.05) is 29.2 Å². The molecule has 1 aliphatic rings. The van der Waals surface area contributed by atoms with E-state index in [1.807, 2.05) is 18.7 Å². The van der Waals surface area contributed by atoms with Crippen molar-refractivity contribution in [2.24, 2.45) is 5.92 Å². The number of carbonyl (C=O) groups is 1. The van der Waals surface area contributed by atoms with E-state index in [1.165, 1.54) is 4.90 Å². The molecule has 0 spiro atoms. The van der Waals surface area contributed by atoms with Crippen molar-refractivity contribution < 1.29 is 9.90 Å². The van der Waals surface area contributed by atoms with E-state index in [9.17, 15) is 9.90 Å². The van der Waals surface area contributed by atoms with Gasteiger partial charge < -0.3 is 10.0 Å². The van der Waals surface area contributed by atoms with Crippen LogP contribution >= 0.6 is 11.6 Å². The first-order chi connectivity index (χ1) is 10.0. The molecule has 1 aliphatic heterocycles. The molecule has 1 N–H and O–H groups in total. The van der Waals surface area contributed by atoms with Crippen LogP contribution in [0, 0.1) is 5.92 Å². The van der Waals surface area contributed by atoms with Gasteiger partial charge >= 0.3 is 6.03 Å². The van der Waals surface area contributed by atoms with Crippen molar-refractivity contribution in [3.63, 3.8) is 0 Å². The van der Waals surface area contributed by atoms with Crippen molar-refractivity contribution >= 4 is 23.3 Å². The summed E-state index contributed by atoms with van der Waals surface area (Å²) in [6.07, 6.45) is 0.463. The van der Waals surface area contributed by atoms with Crippen molar-refractivity contribution in [3.8, 4) is 0 Å². The van der Waals surface area contributed by atoms with Gasteiger partial charge in [-0.1, -0.05) is 31.5 Å². The van der Waals surface area contributed by atoms with Crippen LogP contribution in [-0.4, -0.2) is 33.8 Å². The predicted octanol–water partition coefficient (Wildman–Crippen LogP) is 4.12. The van der Waals surface area contributed by atoms with Gasteiger partial charge in [0.2, 0.25) is 0 Å². The van der Waals surface area contributed by atoms with Crippen molar-refractivity contribution in [1.82, 2.24) is 4.90 Å². The average Bonchev–Trinajstić information content (AvgIpc) is 2.32. The highest BCUT2D eigenvalue weighted by Crippen LogP contribution is 2.39. The fraction of sp³-hybridized carbons (Fsp3) is 0.588. The van der Waals surface area contributed by atoms with Crippen LogP contribution in [0.4, 0.5) is 10.5 Å². The summed E-state index contributed by atoms with van der Waals surface area (Å²) in [5.74, 6) is 0.354. The minimum atomic E-state index is -1.25. The number of carbonyl (C=O) groups excluding carboxylic acids is 1. The molecule has 1 heterocycles. The first kappa shape index (κ1) is 17.1. The van der Waals surface area contributed by atoms with E-state index < -0.39 is 11.3 Å². The molecule has 1 aromatic carbocycles. The van der Waals surface area contributed by atoms with Crippen molar-refractivity contribution in [1.29, 1.82) is 0 Å². The highest BCUT2D eigenvalue weighted by atomic mass is 35.5. The number of aliphatic hydroxyl groups is 1. The van der Waals surface area contributed by atoms with Gasteiger partial charge in [-0.2, -0.15) is 0 Å². The number of urea groups is 1. The third-order valence-electron chi connectivity index (χ3n) is 4.02. The molecule has 1 unspecified atom stereocenters. The van der Waals surface area contributed by atoms with Crippen LogP contribution in [0.15, 0.2) is 24.3 Å². The van der Waals surface area contributed by atoms with E-state index in [4.69, 9.17) is 11.6 Å². The second-order valence-electron chi connectivity index (χ2n) is 7.31. The van der Waals surface area contributed by atoms with Gasteiger partial charge in [0.1, 0.15) is 5.72 Å². The molecule has 22 heavy (non-hydrogen) atoms. The summed E-state index contributed by atoms with van der Waals surface area (Å²) in [5.41, 5.74) is -1.04. The van der Waals surface area contributed by atoms with Crippen LogP contribution in [0.5, 0.6) is 0 Å². The lowest BCUT2D eigenvalue weighted by molar-refractivity contribution is -0.0280. The van der Waals surface area contributed by atoms with Crippen LogP contribution < -0.4 is 4.90 Å². The van der Waals surface area contributed by atoms with E-state index in [-0.39, 0.29) is 6.03 Å². The molecular weight excluding hydrogens is 300 g/mol. The Bertz CT molecular complexity index is 570. The Morgan fingerprint density at radius 2 is 1.95 bits per heavy atom. The minimum Gasteiger partial charge on any atom is -0.371 e. The summed E-state index contributed by atoms with van der Waals surface area (Å²) < 4.78 is 0. The third kappa shape index (κ3) is 3.23. The molecule has 1 fully saturated rings. The number of anilines is 1. The normalized spacial score (nSPS) is 25.0. The van der Waals surface area contributed by atoms with E-state index in [0.29, 0.717) is 29.6 Å². The van der Waals surface area contributed by atoms with Crippen LogP contribution in [-0.2, 0) is 0 Å². The van der Waals surface area contributed by atoms with Crippen molar-refractivity contribution in [2.45, 2.75) is 52.3 Å². The highest BCUT2D eigenvalue weighted by molar-refractivity contribution is 6.30. The van der Waals surface area contributed by atoms with Gasteiger partial charge in [-0.05, 0) is 44.9 Å². The molecule has 2 rings (SSSR count). The largest absolute Gasteiger partial charge is 0.371 e. The molecule has 0 aliphatic carbocycles. The number of amides is 2.